The molecule has 17 heavy (non-hydrogen) atoms. The summed E-state index contributed by atoms with van der Waals surface area (Å²) in [5.74, 6) is -0.261. The molecule has 1 aromatic carbocycles. The highest BCUT2D eigenvalue weighted by Gasteiger charge is 2.16. The van der Waals surface area contributed by atoms with Crippen LogP contribution in [0.15, 0.2) is 24.3 Å². The monoisotopic (exact) mass is 233 g/mol. The molecule has 5 heteroatoms. The van der Waals surface area contributed by atoms with E-state index in [1.165, 1.54) is 0 Å². The normalized spacial score (nSPS) is 12.6. The Kier molecular flexibility index (Phi) is 3.39. The summed E-state index contributed by atoms with van der Waals surface area (Å²) in [5.41, 5.74) is 1.20. The van der Waals surface area contributed by atoms with Gasteiger partial charge >= 0.3 is 0 Å². The van der Waals surface area contributed by atoms with E-state index >= 15 is 0 Å². The number of nitrogens with one attached hydrogen (secondary N) is 2. The molecule has 0 radical (unpaired) electrons. The molecule has 3 N–H and O–H groups in total. The quantitative estimate of drug-likeness (QED) is 0.739. The van der Waals surface area contributed by atoms with E-state index in [4.69, 9.17) is 5.11 Å². The van der Waals surface area contributed by atoms with Gasteiger partial charge in [-0.15, -0.1) is 0 Å². The Bertz CT molecular complexity index is 517. The first-order chi connectivity index (χ1) is 8.26. The maximum atomic E-state index is 11.9. The van der Waals surface area contributed by atoms with Crippen molar-refractivity contribution < 1.29 is 9.90 Å². The average molecular weight is 233 g/mol. The van der Waals surface area contributed by atoms with Crippen LogP contribution >= 0.6 is 0 Å². The molecule has 1 unspecified atom stereocenters. The van der Waals surface area contributed by atoms with E-state index < -0.39 is 0 Å². The van der Waals surface area contributed by atoms with Crippen LogP contribution in [0.25, 0.3) is 10.9 Å². The number of hydrogen-bond acceptors (Lipinski definition) is 3. The van der Waals surface area contributed by atoms with Crippen LogP contribution in [0.2, 0.25) is 0 Å². The number of fused-ring (bicyclic) bond motifs is 1. The minimum absolute atomic E-state index is 0.0649. The Balaban J connectivity index is 2.25. The van der Waals surface area contributed by atoms with Crippen molar-refractivity contribution in [1.82, 2.24) is 15.5 Å². The molecular weight excluding hydrogens is 218 g/mol. The Labute approximate surface area is 98.8 Å². The average Bonchev–Trinajstić information content (AvgIpc) is 2.79. The maximum absolute atomic E-state index is 11.9. The number of rotatable bonds is 4. The molecule has 0 aliphatic rings. The Morgan fingerprint density at radius 2 is 2.29 bits per heavy atom. The third kappa shape index (κ3) is 2.29. The first-order valence-corrected chi connectivity index (χ1v) is 5.61. The van der Waals surface area contributed by atoms with Gasteiger partial charge in [-0.1, -0.05) is 25.1 Å². The van der Waals surface area contributed by atoms with Gasteiger partial charge in [-0.25, -0.2) is 0 Å². The fourth-order valence-corrected chi connectivity index (χ4v) is 1.67. The predicted octanol–water partition coefficient (Wildman–Crippen LogP) is 1.06. The molecule has 1 atom stereocenters. The van der Waals surface area contributed by atoms with E-state index in [1.54, 1.807) is 0 Å². The molecule has 90 valence electrons. The number of aliphatic hydroxyl groups is 1. The molecule has 0 aliphatic heterocycles. The minimum atomic E-state index is -0.261. The summed E-state index contributed by atoms with van der Waals surface area (Å²) in [4.78, 5) is 11.9. The molecule has 0 spiro atoms. The van der Waals surface area contributed by atoms with Gasteiger partial charge in [0.15, 0.2) is 5.69 Å². The molecule has 5 nitrogen and oxygen atoms in total. The van der Waals surface area contributed by atoms with Gasteiger partial charge < -0.3 is 10.4 Å². The lowest BCUT2D eigenvalue weighted by atomic mass is 10.2. The van der Waals surface area contributed by atoms with Crippen molar-refractivity contribution in [2.45, 2.75) is 19.4 Å². The number of amides is 1. The highest BCUT2D eigenvalue weighted by molar-refractivity contribution is 6.04. The summed E-state index contributed by atoms with van der Waals surface area (Å²) in [5, 5.41) is 19.4. The van der Waals surface area contributed by atoms with Crippen LogP contribution in [0.3, 0.4) is 0 Å². The lowest BCUT2D eigenvalue weighted by Gasteiger charge is -2.12. The van der Waals surface area contributed by atoms with Gasteiger partial charge in [0, 0.05) is 5.39 Å². The summed E-state index contributed by atoms with van der Waals surface area (Å²) < 4.78 is 0. The summed E-state index contributed by atoms with van der Waals surface area (Å²) in [6, 6.07) is 7.22. The van der Waals surface area contributed by atoms with E-state index in [-0.39, 0.29) is 18.6 Å². The number of H-pyrrole nitrogens is 1. The predicted molar refractivity (Wildman–Crippen MR) is 64.7 cm³/mol. The minimum Gasteiger partial charge on any atom is -0.394 e. The van der Waals surface area contributed by atoms with Crippen molar-refractivity contribution in [3.8, 4) is 0 Å². The molecule has 0 fully saturated rings. The molecule has 2 rings (SSSR count). The van der Waals surface area contributed by atoms with Gasteiger partial charge in [0.25, 0.3) is 5.91 Å². The third-order valence-corrected chi connectivity index (χ3v) is 2.73. The van der Waals surface area contributed by atoms with Gasteiger partial charge in [-0.2, -0.15) is 5.10 Å². The highest BCUT2D eigenvalue weighted by Crippen LogP contribution is 2.14. The number of aromatic amines is 1. The van der Waals surface area contributed by atoms with Gasteiger partial charge in [0.1, 0.15) is 0 Å². The topological polar surface area (TPSA) is 78.0 Å². The second-order valence-electron chi connectivity index (χ2n) is 3.88. The van der Waals surface area contributed by atoms with E-state index in [0.717, 1.165) is 10.9 Å². The number of hydrogen-bond donors (Lipinski definition) is 3. The summed E-state index contributed by atoms with van der Waals surface area (Å²) >= 11 is 0. The zero-order valence-corrected chi connectivity index (χ0v) is 9.60. The van der Waals surface area contributed by atoms with Crippen molar-refractivity contribution >= 4 is 16.8 Å². The van der Waals surface area contributed by atoms with Crippen LogP contribution < -0.4 is 5.32 Å². The van der Waals surface area contributed by atoms with Crippen molar-refractivity contribution in [2.24, 2.45) is 0 Å². The molecule has 2 aromatic rings. The van der Waals surface area contributed by atoms with Crippen LogP contribution in [-0.2, 0) is 0 Å². The largest absolute Gasteiger partial charge is 0.394 e. The number of aliphatic hydroxyl groups excluding tert-OH is 1. The number of benzene rings is 1. The lowest BCUT2D eigenvalue weighted by Crippen LogP contribution is -2.37. The van der Waals surface area contributed by atoms with Gasteiger partial charge in [-0.3, -0.25) is 9.89 Å². The van der Waals surface area contributed by atoms with Crippen molar-refractivity contribution in [3.63, 3.8) is 0 Å². The fourth-order valence-electron chi connectivity index (χ4n) is 1.67. The van der Waals surface area contributed by atoms with Crippen LogP contribution in [0.1, 0.15) is 23.8 Å². The van der Waals surface area contributed by atoms with Crippen LogP contribution in [0.5, 0.6) is 0 Å². The molecule has 1 heterocycles. The fraction of sp³-hybridized carbons (Fsp3) is 0.333. The molecule has 1 amide bonds. The van der Waals surface area contributed by atoms with Crippen molar-refractivity contribution in [1.29, 1.82) is 0 Å². The number of carbonyl (C=O) groups excluding carboxylic acids is 1. The molecular formula is C12H15N3O2. The smallest absolute Gasteiger partial charge is 0.272 e. The van der Waals surface area contributed by atoms with E-state index in [9.17, 15) is 4.79 Å². The SMILES string of the molecule is CCC(CO)NC(=O)c1n[nH]c2ccccc12. The highest BCUT2D eigenvalue weighted by atomic mass is 16.3. The zero-order valence-electron chi connectivity index (χ0n) is 9.60. The molecule has 0 bridgehead atoms. The van der Waals surface area contributed by atoms with Crippen LogP contribution in [0, 0.1) is 0 Å². The van der Waals surface area contributed by atoms with E-state index in [1.807, 2.05) is 31.2 Å². The summed E-state index contributed by atoms with van der Waals surface area (Å²) in [7, 11) is 0. The van der Waals surface area contributed by atoms with E-state index in [0.29, 0.717) is 12.1 Å². The lowest BCUT2D eigenvalue weighted by molar-refractivity contribution is 0.0911. The van der Waals surface area contributed by atoms with Crippen LogP contribution in [0.4, 0.5) is 0 Å². The second kappa shape index (κ2) is 4.97. The summed E-state index contributed by atoms with van der Waals surface area (Å²) in [6.07, 6.45) is 0.685. The van der Waals surface area contributed by atoms with Gasteiger partial charge in [0.2, 0.25) is 0 Å². The van der Waals surface area contributed by atoms with Crippen LogP contribution in [-0.4, -0.2) is 33.9 Å². The Morgan fingerprint density at radius 1 is 1.53 bits per heavy atom. The summed E-state index contributed by atoms with van der Waals surface area (Å²) in [6.45, 7) is 1.84. The van der Waals surface area contributed by atoms with E-state index in [2.05, 4.69) is 15.5 Å². The molecule has 1 aromatic heterocycles. The molecule has 0 aliphatic carbocycles. The van der Waals surface area contributed by atoms with Gasteiger partial charge in [0.05, 0.1) is 18.2 Å². The van der Waals surface area contributed by atoms with Crippen molar-refractivity contribution in [2.75, 3.05) is 6.61 Å². The van der Waals surface area contributed by atoms with Crippen molar-refractivity contribution in [3.05, 3.63) is 30.0 Å². The standard InChI is InChI=1S/C12H15N3O2/c1-2-8(7-16)13-12(17)11-9-5-3-4-6-10(9)14-15-11/h3-6,8,16H,2,7H2,1H3,(H,13,17)(H,14,15). The zero-order chi connectivity index (χ0) is 12.3. The molecule has 0 saturated carbocycles. The number of nitrogens with zero attached hydrogens (tertiary/aromatic N) is 1. The maximum Gasteiger partial charge on any atom is 0.272 e. The number of para-hydroxylation sites is 1. The Morgan fingerprint density at radius 3 is 3.00 bits per heavy atom. The number of aromatic nitrogens is 2. The number of carbonyl (C=O) groups is 1. The Hall–Kier alpha value is -1.88. The second-order valence-corrected chi connectivity index (χ2v) is 3.88. The van der Waals surface area contributed by atoms with Gasteiger partial charge in [-0.05, 0) is 12.5 Å². The first-order valence-electron chi connectivity index (χ1n) is 5.61. The molecule has 0 saturated heterocycles. The first kappa shape index (κ1) is 11.6. The third-order valence-electron chi connectivity index (χ3n) is 2.73.